The number of anilines is 1. The molecule has 5 rings (SSSR count). The first-order chi connectivity index (χ1) is 14.4. The summed E-state index contributed by atoms with van der Waals surface area (Å²) in [6.45, 7) is 8.40. The average Bonchev–Trinajstić information content (AvgIpc) is 3.05. The highest BCUT2D eigenvalue weighted by molar-refractivity contribution is 6.00. The number of hydrogen-bond donors (Lipinski definition) is 0. The number of benzene rings is 1. The van der Waals surface area contributed by atoms with Crippen LogP contribution in [-0.4, -0.2) is 58.5 Å². The third-order valence-electron chi connectivity index (χ3n) is 6.73. The average molecular weight is 403 g/mol. The van der Waals surface area contributed by atoms with Crippen LogP contribution < -0.4 is 4.90 Å². The molecular formula is C23H26N6O. The second kappa shape index (κ2) is 6.71. The Morgan fingerprint density at radius 1 is 1.40 bits per heavy atom. The first-order valence-corrected chi connectivity index (χ1v) is 10.4. The Morgan fingerprint density at radius 3 is 2.87 bits per heavy atom. The zero-order valence-corrected chi connectivity index (χ0v) is 17.6. The minimum absolute atomic E-state index is 0.168. The monoisotopic (exact) mass is 402 g/mol. The van der Waals surface area contributed by atoms with Crippen LogP contribution in [0.5, 0.6) is 0 Å². The van der Waals surface area contributed by atoms with Gasteiger partial charge in [0.2, 0.25) is 5.91 Å². The van der Waals surface area contributed by atoms with Crippen LogP contribution in [0.2, 0.25) is 0 Å². The Hall–Kier alpha value is -3.11. The smallest absolute Gasteiger partial charge is 0.230 e. The molecule has 2 unspecified atom stereocenters. The van der Waals surface area contributed by atoms with Gasteiger partial charge < -0.3 is 14.7 Å². The summed E-state index contributed by atoms with van der Waals surface area (Å²) in [4.78, 5) is 23.6. The van der Waals surface area contributed by atoms with Crippen molar-refractivity contribution in [1.29, 1.82) is 5.26 Å². The summed E-state index contributed by atoms with van der Waals surface area (Å²) in [6, 6.07) is 8.16. The summed E-state index contributed by atoms with van der Waals surface area (Å²) < 4.78 is 2.02. The van der Waals surface area contributed by atoms with E-state index in [0.717, 1.165) is 41.5 Å². The fraction of sp³-hybridized carbons (Fsp3) is 0.435. The van der Waals surface area contributed by atoms with Gasteiger partial charge in [-0.2, -0.15) is 5.26 Å². The van der Waals surface area contributed by atoms with Crippen LogP contribution in [0.4, 0.5) is 5.69 Å². The van der Waals surface area contributed by atoms with Crippen molar-refractivity contribution in [3.8, 4) is 11.8 Å². The van der Waals surface area contributed by atoms with Crippen molar-refractivity contribution in [2.75, 3.05) is 32.1 Å². The number of hydrogen-bond acceptors (Lipinski definition) is 5. The highest BCUT2D eigenvalue weighted by atomic mass is 16.2. The van der Waals surface area contributed by atoms with Gasteiger partial charge in [0, 0.05) is 43.6 Å². The maximum Gasteiger partial charge on any atom is 0.230 e. The fourth-order valence-electron chi connectivity index (χ4n) is 5.10. The van der Waals surface area contributed by atoms with Crippen molar-refractivity contribution in [1.82, 2.24) is 19.4 Å². The maximum absolute atomic E-state index is 13.0. The zero-order valence-electron chi connectivity index (χ0n) is 17.6. The van der Waals surface area contributed by atoms with Crippen LogP contribution in [0.15, 0.2) is 37.2 Å². The van der Waals surface area contributed by atoms with Gasteiger partial charge in [0.05, 0.1) is 17.5 Å². The van der Waals surface area contributed by atoms with Crippen molar-refractivity contribution in [2.45, 2.75) is 19.5 Å². The molecule has 3 aliphatic rings. The van der Waals surface area contributed by atoms with E-state index in [1.54, 1.807) is 6.20 Å². The van der Waals surface area contributed by atoms with Gasteiger partial charge in [0.25, 0.3) is 0 Å². The molecule has 3 heterocycles. The molecule has 0 N–H and O–H groups in total. The van der Waals surface area contributed by atoms with Gasteiger partial charge in [-0.15, -0.1) is 0 Å². The van der Waals surface area contributed by atoms with E-state index in [-0.39, 0.29) is 17.9 Å². The number of carbonyl (C=O) groups is 1. The number of rotatable bonds is 4. The number of nitrogens with zero attached hydrogens (tertiary/aromatic N) is 6. The van der Waals surface area contributed by atoms with E-state index >= 15 is 0 Å². The molecule has 1 saturated heterocycles. The van der Waals surface area contributed by atoms with Crippen molar-refractivity contribution >= 4 is 17.3 Å². The molecule has 7 heteroatoms. The van der Waals surface area contributed by atoms with Crippen molar-refractivity contribution in [2.24, 2.45) is 17.8 Å². The second-order valence-corrected chi connectivity index (χ2v) is 8.88. The van der Waals surface area contributed by atoms with Crippen molar-refractivity contribution < 1.29 is 4.79 Å². The molecule has 0 spiro atoms. The van der Waals surface area contributed by atoms with Gasteiger partial charge in [-0.05, 0) is 56.6 Å². The predicted octanol–water partition coefficient (Wildman–Crippen LogP) is 2.34. The van der Waals surface area contributed by atoms with Crippen LogP contribution in [-0.2, 0) is 11.3 Å². The van der Waals surface area contributed by atoms with Crippen molar-refractivity contribution in [3.63, 3.8) is 0 Å². The first-order valence-electron chi connectivity index (χ1n) is 10.4. The van der Waals surface area contributed by atoms with Gasteiger partial charge >= 0.3 is 0 Å². The maximum atomic E-state index is 13.0. The van der Waals surface area contributed by atoms with E-state index < -0.39 is 0 Å². The van der Waals surface area contributed by atoms with E-state index in [4.69, 9.17) is 0 Å². The summed E-state index contributed by atoms with van der Waals surface area (Å²) in [5.41, 5.74) is 3.75. The van der Waals surface area contributed by atoms with Gasteiger partial charge in [-0.25, -0.2) is 4.98 Å². The molecule has 30 heavy (non-hydrogen) atoms. The molecule has 0 radical (unpaired) electrons. The highest BCUT2D eigenvalue weighted by Gasteiger charge is 2.61. The first kappa shape index (κ1) is 18.9. The third kappa shape index (κ3) is 2.75. The number of imidazole rings is 1. The van der Waals surface area contributed by atoms with E-state index in [9.17, 15) is 10.1 Å². The summed E-state index contributed by atoms with van der Waals surface area (Å²) in [5.74, 6) is 2.12. The molecule has 1 saturated carbocycles. The molecule has 2 aromatic rings. The number of amides is 1. The molecule has 1 aromatic heterocycles. The molecule has 2 aliphatic heterocycles. The molecule has 1 amide bonds. The highest BCUT2D eigenvalue weighted by Crippen LogP contribution is 2.53. The zero-order chi connectivity index (χ0) is 21.2. The lowest BCUT2D eigenvalue weighted by atomic mass is 10.1. The summed E-state index contributed by atoms with van der Waals surface area (Å²) in [5, 5.41) is 9.51. The molecular weight excluding hydrogens is 376 g/mol. The van der Waals surface area contributed by atoms with Gasteiger partial charge in [0.1, 0.15) is 6.04 Å². The molecule has 154 valence electrons. The Balaban J connectivity index is 1.47. The van der Waals surface area contributed by atoms with Crippen LogP contribution in [0, 0.1) is 29.1 Å². The number of piperidine rings is 1. The lowest BCUT2D eigenvalue weighted by molar-refractivity contribution is -0.119. The van der Waals surface area contributed by atoms with Gasteiger partial charge in [0.15, 0.2) is 5.82 Å². The standard InChI is InChI=1S/C23H26N6O/c1-14(10-24)28-11-16-9-17(5-6-20(16)27-8-7-25-22(27)15(28)2)29-13-19-18(12-26(3)4)21(19)23(29)30/h5-9,14,18-19,21H,2,11-13H2,1,3-4H3/t14?,18-,19+,21?/m1/s1. The topological polar surface area (TPSA) is 68.4 Å². The predicted molar refractivity (Wildman–Crippen MR) is 115 cm³/mol. The number of carbonyl (C=O) groups excluding carboxylic acids is 1. The van der Waals surface area contributed by atoms with Gasteiger partial charge in [-0.3, -0.25) is 9.36 Å². The van der Waals surface area contributed by atoms with Crippen LogP contribution in [0.25, 0.3) is 11.4 Å². The number of nitriles is 1. The Kier molecular flexibility index (Phi) is 4.23. The van der Waals surface area contributed by atoms with E-state index in [2.05, 4.69) is 48.8 Å². The van der Waals surface area contributed by atoms with Gasteiger partial charge in [-0.1, -0.05) is 6.58 Å². The fourth-order valence-corrected chi connectivity index (χ4v) is 5.10. The second-order valence-electron chi connectivity index (χ2n) is 8.88. The SMILES string of the molecule is C=C1c2nccn2-c2ccc(N3C[C@@H]4C(C3=O)[C@@H]4CN(C)C)cc2CN1C(C)C#N. The quantitative estimate of drug-likeness (QED) is 0.785. The largest absolute Gasteiger partial charge is 0.349 e. The number of aromatic nitrogens is 2. The number of fused-ring (bicyclic) bond motifs is 4. The third-order valence-corrected chi connectivity index (χ3v) is 6.73. The normalized spacial score (nSPS) is 25.5. The molecule has 1 aromatic carbocycles. The molecule has 7 nitrogen and oxygen atoms in total. The van der Waals surface area contributed by atoms with E-state index in [1.165, 1.54) is 0 Å². The van der Waals surface area contributed by atoms with Crippen LogP contribution >= 0.6 is 0 Å². The Labute approximate surface area is 176 Å². The molecule has 2 fully saturated rings. The lowest BCUT2D eigenvalue weighted by Gasteiger charge is -2.27. The summed E-state index contributed by atoms with van der Waals surface area (Å²) >= 11 is 0. The Morgan fingerprint density at radius 2 is 2.20 bits per heavy atom. The summed E-state index contributed by atoms with van der Waals surface area (Å²) in [6.07, 6.45) is 3.67. The van der Waals surface area contributed by atoms with Crippen molar-refractivity contribution in [3.05, 3.63) is 48.6 Å². The van der Waals surface area contributed by atoms with Crippen LogP contribution in [0.3, 0.4) is 0 Å². The lowest BCUT2D eigenvalue weighted by Crippen LogP contribution is -2.32. The van der Waals surface area contributed by atoms with E-state index in [0.29, 0.717) is 18.4 Å². The molecule has 4 atom stereocenters. The Bertz CT molecular complexity index is 1080. The minimum Gasteiger partial charge on any atom is -0.349 e. The van der Waals surface area contributed by atoms with E-state index in [1.807, 2.05) is 33.6 Å². The molecule has 1 aliphatic carbocycles. The van der Waals surface area contributed by atoms with Crippen LogP contribution in [0.1, 0.15) is 18.3 Å². The molecule has 0 bridgehead atoms. The minimum atomic E-state index is -0.329. The summed E-state index contributed by atoms with van der Waals surface area (Å²) in [7, 11) is 4.13.